The van der Waals surface area contributed by atoms with E-state index in [0.29, 0.717) is 19.3 Å². The first-order valence-electron chi connectivity index (χ1n) is 7.48. The zero-order valence-electron chi connectivity index (χ0n) is 13.2. The lowest BCUT2D eigenvalue weighted by atomic mass is 10.0. The number of hydrogen-bond acceptors (Lipinski definition) is 5. The van der Waals surface area contributed by atoms with Crippen LogP contribution in [-0.2, 0) is 24.3 Å². The Morgan fingerprint density at radius 3 is 2.58 bits per heavy atom. The van der Waals surface area contributed by atoms with Gasteiger partial charge in [0.25, 0.3) is 0 Å². The third-order valence-corrected chi connectivity index (χ3v) is 5.73. The van der Waals surface area contributed by atoms with Crippen LogP contribution in [0.4, 0.5) is 4.39 Å². The second-order valence-corrected chi connectivity index (χ2v) is 7.27. The second-order valence-electron chi connectivity index (χ2n) is 5.38. The maximum absolute atomic E-state index is 13.0. The number of carbonyl (C=O) groups is 2. The summed E-state index contributed by atoms with van der Waals surface area (Å²) in [6, 6.07) is 3.55. The molecule has 1 saturated heterocycles. The molecule has 1 N–H and O–H groups in total. The molecule has 0 aliphatic carbocycles. The minimum Gasteiger partial charge on any atom is -0.468 e. The van der Waals surface area contributed by atoms with Crippen LogP contribution in [0.2, 0.25) is 0 Å². The molecule has 0 aromatic heterocycles. The van der Waals surface area contributed by atoms with Gasteiger partial charge in [0.2, 0.25) is 15.9 Å². The molecule has 24 heavy (non-hydrogen) atoms. The van der Waals surface area contributed by atoms with Crippen LogP contribution in [0.15, 0.2) is 29.2 Å². The lowest BCUT2D eigenvalue weighted by Gasteiger charge is -2.33. The van der Waals surface area contributed by atoms with Crippen molar-refractivity contribution in [2.45, 2.75) is 30.2 Å². The number of esters is 1. The standard InChI is InChI=1S/C15H19FN2O5S/c1-23-14(19)10-17-15(20)13-4-2-3-9-18(13)24(21,22)12-7-5-11(16)6-8-12/h5-8,13H,2-4,9-10H2,1H3,(H,17,20)/t13-/m1/s1. The molecule has 2 rings (SSSR count). The largest absolute Gasteiger partial charge is 0.468 e. The Kier molecular flexibility index (Phi) is 5.89. The van der Waals surface area contributed by atoms with Crippen molar-refractivity contribution in [2.75, 3.05) is 20.2 Å². The average molecular weight is 358 g/mol. The van der Waals surface area contributed by atoms with Crippen molar-refractivity contribution < 1.29 is 27.1 Å². The van der Waals surface area contributed by atoms with E-state index in [1.807, 2.05) is 0 Å². The van der Waals surface area contributed by atoms with E-state index in [0.717, 1.165) is 16.4 Å². The number of ether oxygens (including phenoxy) is 1. The number of hydrogen-bond donors (Lipinski definition) is 1. The maximum Gasteiger partial charge on any atom is 0.325 e. The number of methoxy groups -OCH3 is 1. The number of amides is 1. The molecule has 9 heteroatoms. The number of rotatable bonds is 5. The molecule has 0 bridgehead atoms. The van der Waals surface area contributed by atoms with Gasteiger partial charge in [0, 0.05) is 6.54 Å². The predicted molar refractivity (Wildman–Crippen MR) is 83.0 cm³/mol. The minimum absolute atomic E-state index is 0.0726. The van der Waals surface area contributed by atoms with Crippen molar-refractivity contribution in [3.8, 4) is 0 Å². The van der Waals surface area contributed by atoms with Crippen molar-refractivity contribution in [1.82, 2.24) is 9.62 Å². The van der Waals surface area contributed by atoms with Gasteiger partial charge in [-0.25, -0.2) is 12.8 Å². The van der Waals surface area contributed by atoms with E-state index in [1.165, 1.54) is 19.2 Å². The number of halogens is 1. The third kappa shape index (κ3) is 4.09. The van der Waals surface area contributed by atoms with E-state index >= 15 is 0 Å². The van der Waals surface area contributed by atoms with E-state index in [4.69, 9.17) is 0 Å². The van der Waals surface area contributed by atoms with Crippen LogP contribution in [0, 0.1) is 5.82 Å². The van der Waals surface area contributed by atoms with E-state index in [-0.39, 0.29) is 18.0 Å². The van der Waals surface area contributed by atoms with Crippen molar-refractivity contribution in [1.29, 1.82) is 0 Å². The highest BCUT2D eigenvalue weighted by Crippen LogP contribution is 2.25. The Bertz CT molecular complexity index is 705. The molecule has 0 unspecified atom stereocenters. The van der Waals surface area contributed by atoms with E-state index in [1.54, 1.807) is 0 Å². The van der Waals surface area contributed by atoms with Gasteiger partial charge in [-0.2, -0.15) is 4.31 Å². The number of benzene rings is 1. The van der Waals surface area contributed by atoms with Crippen LogP contribution >= 0.6 is 0 Å². The highest BCUT2D eigenvalue weighted by Gasteiger charge is 2.37. The SMILES string of the molecule is COC(=O)CNC(=O)[C@H]1CCCCN1S(=O)(=O)c1ccc(F)cc1. The molecular formula is C15H19FN2O5S. The van der Waals surface area contributed by atoms with Gasteiger partial charge in [-0.15, -0.1) is 0 Å². The lowest BCUT2D eigenvalue weighted by molar-refractivity contribution is -0.141. The highest BCUT2D eigenvalue weighted by molar-refractivity contribution is 7.89. The zero-order valence-corrected chi connectivity index (χ0v) is 14.0. The van der Waals surface area contributed by atoms with Crippen molar-refractivity contribution in [2.24, 2.45) is 0 Å². The molecule has 1 fully saturated rings. The van der Waals surface area contributed by atoms with Gasteiger partial charge >= 0.3 is 5.97 Å². The molecule has 0 spiro atoms. The summed E-state index contributed by atoms with van der Waals surface area (Å²) in [6.07, 6.45) is 1.68. The predicted octanol–water partition coefficient (Wildman–Crippen LogP) is 0.658. The number of nitrogens with one attached hydrogen (secondary N) is 1. The Morgan fingerprint density at radius 2 is 1.96 bits per heavy atom. The van der Waals surface area contributed by atoms with Gasteiger partial charge in [-0.05, 0) is 37.1 Å². The molecule has 0 saturated carbocycles. The van der Waals surface area contributed by atoms with Crippen LogP contribution in [0.1, 0.15) is 19.3 Å². The second kappa shape index (κ2) is 7.71. The summed E-state index contributed by atoms with van der Waals surface area (Å²) in [5.74, 6) is -1.71. The van der Waals surface area contributed by atoms with Gasteiger partial charge in [0.1, 0.15) is 18.4 Å². The first kappa shape index (κ1) is 18.3. The van der Waals surface area contributed by atoms with Gasteiger partial charge in [-0.3, -0.25) is 9.59 Å². The van der Waals surface area contributed by atoms with Crippen molar-refractivity contribution >= 4 is 21.9 Å². The molecule has 1 aromatic carbocycles. The summed E-state index contributed by atoms with van der Waals surface area (Å²) in [5.41, 5.74) is 0. The summed E-state index contributed by atoms with van der Waals surface area (Å²) in [6.45, 7) is -0.133. The zero-order chi connectivity index (χ0) is 17.7. The maximum atomic E-state index is 13.0. The highest BCUT2D eigenvalue weighted by atomic mass is 32.2. The molecule has 0 radical (unpaired) electrons. The van der Waals surface area contributed by atoms with Crippen LogP contribution in [0.5, 0.6) is 0 Å². The molecule has 1 amide bonds. The minimum atomic E-state index is -3.93. The number of nitrogens with zero attached hydrogens (tertiary/aromatic N) is 1. The lowest BCUT2D eigenvalue weighted by Crippen LogP contribution is -2.52. The summed E-state index contributed by atoms with van der Waals surface area (Å²) >= 11 is 0. The van der Waals surface area contributed by atoms with Crippen LogP contribution in [0.25, 0.3) is 0 Å². The quantitative estimate of drug-likeness (QED) is 0.781. The van der Waals surface area contributed by atoms with Gasteiger partial charge in [0.15, 0.2) is 0 Å². The summed E-state index contributed by atoms with van der Waals surface area (Å²) < 4.78 is 44.0. The molecular weight excluding hydrogens is 339 g/mol. The average Bonchev–Trinajstić information content (AvgIpc) is 2.59. The van der Waals surface area contributed by atoms with E-state index < -0.39 is 33.8 Å². The summed E-state index contributed by atoms with van der Waals surface area (Å²) in [7, 11) is -2.73. The van der Waals surface area contributed by atoms with E-state index in [2.05, 4.69) is 10.1 Å². The van der Waals surface area contributed by atoms with Crippen LogP contribution in [0.3, 0.4) is 0 Å². The number of sulfonamides is 1. The Labute approximate surface area is 139 Å². The fourth-order valence-corrected chi connectivity index (χ4v) is 4.20. The van der Waals surface area contributed by atoms with Gasteiger partial charge in [-0.1, -0.05) is 6.42 Å². The fourth-order valence-electron chi connectivity index (χ4n) is 2.55. The Morgan fingerprint density at radius 1 is 1.29 bits per heavy atom. The van der Waals surface area contributed by atoms with Crippen molar-refractivity contribution in [3.05, 3.63) is 30.1 Å². The van der Waals surface area contributed by atoms with Gasteiger partial charge in [0.05, 0.1) is 12.0 Å². The molecule has 132 valence electrons. The number of piperidine rings is 1. The molecule has 1 heterocycles. The number of carbonyl (C=O) groups excluding carboxylic acids is 2. The molecule has 1 aliphatic rings. The smallest absolute Gasteiger partial charge is 0.325 e. The van der Waals surface area contributed by atoms with E-state index in [9.17, 15) is 22.4 Å². The molecule has 7 nitrogen and oxygen atoms in total. The topological polar surface area (TPSA) is 92.8 Å². The monoisotopic (exact) mass is 358 g/mol. The Hall–Kier alpha value is -2.00. The molecule has 1 atom stereocenters. The first-order chi connectivity index (χ1) is 11.4. The summed E-state index contributed by atoms with van der Waals surface area (Å²) in [5, 5.41) is 2.39. The van der Waals surface area contributed by atoms with Crippen LogP contribution in [-0.4, -0.2) is 50.8 Å². The van der Waals surface area contributed by atoms with Crippen LogP contribution < -0.4 is 5.32 Å². The first-order valence-corrected chi connectivity index (χ1v) is 8.92. The fraction of sp³-hybridized carbons (Fsp3) is 0.467. The normalized spacial score (nSPS) is 18.8. The Balaban J connectivity index is 2.20. The van der Waals surface area contributed by atoms with Gasteiger partial charge < -0.3 is 10.1 Å². The molecule has 1 aliphatic heterocycles. The van der Waals surface area contributed by atoms with Crippen molar-refractivity contribution in [3.63, 3.8) is 0 Å². The molecule has 1 aromatic rings. The summed E-state index contributed by atoms with van der Waals surface area (Å²) in [4.78, 5) is 23.3. The third-order valence-electron chi connectivity index (χ3n) is 3.81.